The molecule has 0 radical (unpaired) electrons. The van der Waals surface area contributed by atoms with Crippen molar-refractivity contribution in [2.75, 3.05) is 4.90 Å². The molecule has 1 spiro atoms. The van der Waals surface area contributed by atoms with Crippen molar-refractivity contribution in [3.8, 4) is 11.4 Å². The Labute approximate surface area is 186 Å². The Morgan fingerprint density at radius 1 is 1.06 bits per heavy atom. The molecule has 166 valence electrons. The van der Waals surface area contributed by atoms with Crippen LogP contribution in [0.1, 0.15) is 89.5 Å². The number of anilines is 1. The second-order valence-corrected chi connectivity index (χ2v) is 10.0. The van der Waals surface area contributed by atoms with Gasteiger partial charge in [0.05, 0.1) is 5.54 Å². The lowest BCUT2D eigenvalue weighted by molar-refractivity contribution is -0.121. The van der Waals surface area contributed by atoms with Crippen molar-refractivity contribution >= 4 is 11.9 Å². The maximum atomic E-state index is 13.5. The number of rotatable bonds is 4. The molecule has 0 saturated heterocycles. The highest BCUT2D eigenvalue weighted by Crippen LogP contribution is 2.53. The minimum absolute atomic E-state index is 0.0379. The summed E-state index contributed by atoms with van der Waals surface area (Å²) in [6.07, 6.45) is 13.6. The maximum Gasteiger partial charge on any atom is 0.231 e. The molecule has 0 bridgehead atoms. The monoisotopic (exact) mass is 420 g/mol. The van der Waals surface area contributed by atoms with E-state index in [0.29, 0.717) is 18.4 Å². The fourth-order valence-corrected chi connectivity index (χ4v) is 6.43. The minimum atomic E-state index is 0.0379. The van der Waals surface area contributed by atoms with Crippen LogP contribution in [-0.4, -0.2) is 26.7 Å². The van der Waals surface area contributed by atoms with E-state index in [-0.39, 0.29) is 11.4 Å². The Kier molecular flexibility index (Phi) is 5.61. The number of fused-ring (bicyclic) bond motifs is 4. The van der Waals surface area contributed by atoms with E-state index in [2.05, 4.69) is 47.7 Å². The van der Waals surface area contributed by atoms with Gasteiger partial charge in [-0.3, -0.25) is 9.69 Å². The van der Waals surface area contributed by atoms with Crippen LogP contribution in [0.2, 0.25) is 0 Å². The number of carbonyl (C=O) groups excluding carboxylic acids is 1. The first-order valence-corrected chi connectivity index (χ1v) is 12.5. The average molecular weight is 421 g/mol. The first kappa shape index (κ1) is 20.7. The second kappa shape index (κ2) is 8.40. The van der Waals surface area contributed by atoms with Crippen LogP contribution >= 0.6 is 0 Å². The lowest BCUT2D eigenvalue weighted by Gasteiger charge is -2.55. The number of benzene rings is 1. The highest BCUT2D eigenvalue weighted by atomic mass is 16.2. The highest BCUT2D eigenvalue weighted by Gasteiger charge is 2.54. The van der Waals surface area contributed by atoms with E-state index >= 15 is 0 Å². The number of amides is 1. The normalized spacial score (nSPS) is 24.6. The summed E-state index contributed by atoms with van der Waals surface area (Å²) in [5.41, 5.74) is 2.32. The van der Waals surface area contributed by atoms with E-state index in [9.17, 15) is 4.79 Å². The molecule has 2 heterocycles. The molecule has 3 aliphatic rings. The van der Waals surface area contributed by atoms with Crippen LogP contribution in [0.3, 0.4) is 0 Å². The van der Waals surface area contributed by atoms with Gasteiger partial charge in [0.15, 0.2) is 5.82 Å². The van der Waals surface area contributed by atoms with Gasteiger partial charge in [0.25, 0.3) is 0 Å². The van der Waals surface area contributed by atoms with Crippen LogP contribution in [0.25, 0.3) is 11.4 Å². The number of hydrogen-bond acceptors (Lipinski definition) is 3. The van der Waals surface area contributed by atoms with Gasteiger partial charge >= 0.3 is 0 Å². The van der Waals surface area contributed by atoms with Crippen molar-refractivity contribution in [2.24, 2.45) is 5.92 Å². The Balaban J connectivity index is 1.65. The standard InChI is InChI=1S/C26H36N4O/c1-3-4-12-23(31)29-22-11-7-6-10-21(22)26(17-8-5-9-18-26)30-25(29)27-24(28-30)20-15-13-19(2)14-16-20/h13-16,21-22H,3-12,17-18H2,1-2H3/t21-,22+/m1/s1. The van der Waals surface area contributed by atoms with Gasteiger partial charge in [0.2, 0.25) is 11.9 Å². The van der Waals surface area contributed by atoms with Crippen LogP contribution in [0.5, 0.6) is 0 Å². The predicted octanol–water partition coefficient (Wildman–Crippen LogP) is 6.01. The van der Waals surface area contributed by atoms with E-state index in [1.807, 2.05) is 0 Å². The van der Waals surface area contributed by atoms with Gasteiger partial charge in [-0.2, -0.15) is 4.98 Å². The predicted molar refractivity (Wildman–Crippen MR) is 124 cm³/mol. The van der Waals surface area contributed by atoms with Gasteiger partial charge in [-0.25, -0.2) is 4.68 Å². The van der Waals surface area contributed by atoms with Crippen molar-refractivity contribution in [3.63, 3.8) is 0 Å². The van der Waals surface area contributed by atoms with Gasteiger partial charge in [-0.1, -0.05) is 75.3 Å². The molecular formula is C26H36N4O. The maximum absolute atomic E-state index is 13.5. The summed E-state index contributed by atoms with van der Waals surface area (Å²) < 4.78 is 2.23. The summed E-state index contributed by atoms with van der Waals surface area (Å²) in [6.45, 7) is 4.26. The molecule has 31 heavy (non-hydrogen) atoms. The van der Waals surface area contributed by atoms with E-state index < -0.39 is 0 Å². The molecule has 2 aromatic rings. The van der Waals surface area contributed by atoms with Gasteiger partial charge in [0.1, 0.15) is 0 Å². The molecule has 0 N–H and O–H groups in total. The topological polar surface area (TPSA) is 51.0 Å². The van der Waals surface area contributed by atoms with Crippen LogP contribution in [0.15, 0.2) is 24.3 Å². The number of hydrogen-bond donors (Lipinski definition) is 0. The molecule has 1 aliphatic heterocycles. The molecule has 2 fully saturated rings. The molecule has 1 aromatic heterocycles. The van der Waals surface area contributed by atoms with E-state index in [4.69, 9.17) is 10.1 Å². The summed E-state index contributed by atoms with van der Waals surface area (Å²) in [5.74, 6) is 2.34. The SMILES string of the molecule is CCCCC(=O)N1c2nc(-c3ccc(C)cc3)nn2C2(CCCCC2)[C@@H]2CCCC[C@@H]21. The quantitative estimate of drug-likeness (QED) is 0.609. The second-order valence-electron chi connectivity index (χ2n) is 10.0. The molecule has 5 nitrogen and oxygen atoms in total. The highest BCUT2D eigenvalue weighted by molar-refractivity contribution is 5.93. The number of nitrogens with zero attached hydrogens (tertiary/aromatic N) is 4. The third-order valence-corrected chi connectivity index (χ3v) is 8.02. The van der Waals surface area contributed by atoms with Gasteiger partial charge < -0.3 is 0 Å². The molecule has 1 amide bonds. The van der Waals surface area contributed by atoms with E-state index in [0.717, 1.165) is 36.6 Å². The van der Waals surface area contributed by atoms with Gasteiger partial charge in [-0.05, 0) is 39.0 Å². The van der Waals surface area contributed by atoms with Crippen LogP contribution in [-0.2, 0) is 10.3 Å². The molecular weight excluding hydrogens is 384 g/mol. The molecule has 0 unspecified atom stereocenters. The largest absolute Gasteiger partial charge is 0.277 e. The Morgan fingerprint density at radius 2 is 1.81 bits per heavy atom. The fraction of sp³-hybridized carbons (Fsp3) is 0.654. The number of unbranched alkanes of at least 4 members (excludes halogenated alkanes) is 1. The van der Waals surface area contributed by atoms with E-state index in [1.54, 1.807) is 0 Å². The zero-order valence-electron chi connectivity index (χ0n) is 19.1. The molecule has 5 rings (SSSR count). The summed E-state index contributed by atoms with van der Waals surface area (Å²) >= 11 is 0. The lowest BCUT2D eigenvalue weighted by Crippen LogP contribution is -2.61. The van der Waals surface area contributed by atoms with E-state index in [1.165, 1.54) is 56.9 Å². The molecule has 2 aliphatic carbocycles. The third kappa shape index (κ3) is 3.50. The lowest BCUT2D eigenvalue weighted by atomic mass is 9.64. The molecule has 2 saturated carbocycles. The summed E-state index contributed by atoms with van der Waals surface area (Å²) in [5, 5.41) is 5.14. The minimum Gasteiger partial charge on any atom is -0.277 e. The number of aryl methyl sites for hydroxylation is 1. The molecule has 2 atom stereocenters. The Morgan fingerprint density at radius 3 is 2.55 bits per heavy atom. The smallest absolute Gasteiger partial charge is 0.231 e. The zero-order valence-corrected chi connectivity index (χ0v) is 19.1. The van der Waals surface area contributed by atoms with Gasteiger partial charge in [-0.15, -0.1) is 5.10 Å². The summed E-state index contributed by atoms with van der Waals surface area (Å²) in [7, 11) is 0. The van der Waals surface area contributed by atoms with Crippen molar-refractivity contribution in [1.29, 1.82) is 0 Å². The van der Waals surface area contributed by atoms with Crippen LogP contribution in [0.4, 0.5) is 5.95 Å². The summed E-state index contributed by atoms with van der Waals surface area (Å²) in [4.78, 5) is 20.6. The first-order valence-electron chi connectivity index (χ1n) is 12.5. The van der Waals surface area contributed by atoms with Crippen molar-refractivity contribution in [3.05, 3.63) is 29.8 Å². The van der Waals surface area contributed by atoms with Gasteiger partial charge in [0, 0.05) is 23.9 Å². The fourth-order valence-electron chi connectivity index (χ4n) is 6.43. The van der Waals surface area contributed by atoms with Crippen LogP contribution < -0.4 is 4.90 Å². The average Bonchev–Trinajstić information content (AvgIpc) is 3.25. The van der Waals surface area contributed by atoms with Crippen molar-refractivity contribution in [1.82, 2.24) is 14.8 Å². The third-order valence-electron chi connectivity index (χ3n) is 8.02. The number of carbonyl (C=O) groups is 1. The zero-order chi connectivity index (χ0) is 21.4. The number of aromatic nitrogens is 3. The Hall–Kier alpha value is -2.17. The molecule has 5 heteroatoms. The Bertz CT molecular complexity index is 925. The molecule has 1 aromatic carbocycles. The first-order chi connectivity index (χ1) is 15.1. The van der Waals surface area contributed by atoms with Crippen molar-refractivity contribution in [2.45, 2.75) is 102 Å². The van der Waals surface area contributed by atoms with Crippen molar-refractivity contribution < 1.29 is 4.79 Å². The summed E-state index contributed by atoms with van der Waals surface area (Å²) in [6, 6.07) is 8.76. The van der Waals surface area contributed by atoms with Crippen LogP contribution in [0, 0.1) is 12.8 Å².